The summed E-state index contributed by atoms with van der Waals surface area (Å²) in [7, 11) is 0. The third kappa shape index (κ3) is 3.25. The fraction of sp³-hybridized carbons (Fsp3) is 0.0667. The Kier molecular flexibility index (Phi) is 4.06. The van der Waals surface area contributed by atoms with E-state index < -0.39 is 11.7 Å². The lowest BCUT2D eigenvalue weighted by atomic mass is 10.3. The Labute approximate surface area is 133 Å². The first-order valence-corrected chi connectivity index (χ1v) is 7.23. The maximum Gasteiger partial charge on any atom is 0.291 e. The van der Waals surface area contributed by atoms with Crippen LogP contribution in [0.5, 0.6) is 0 Å². The molecule has 3 aromatic rings. The molecule has 2 heterocycles. The molecule has 112 valence electrons. The number of furan rings is 1. The molecule has 2 aromatic heterocycles. The number of nitrogens with zero attached hydrogens (tertiary/aromatic N) is 2. The highest BCUT2D eigenvalue weighted by Gasteiger charge is 2.14. The molecule has 0 spiro atoms. The molecule has 0 aliphatic rings. The lowest BCUT2D eigenvalue weighted by Gasteiger charge is -2.05. The number of carbonyl (C=O) groups excluding carboxylic acids is 1. The van der Waals surface area contributed by atoms with Gasteiger partial charge in [-0.1, -0.05) is 15.9 Å². The van der Waals surface area contributed by atoms with Gasteiger partial charge < -0.3 is 9.73 Å². The molecule has 0 aliphatic heterocycles. The Morgan fingerprint density at radius 2 is 2.23 bits per heavy atom. The van der Waals surface area contributed by atoms with Gasteiger partial charge in [0.1, 0.15) is 11.6 Å². The van der Waals surface area contributed by atoms with E-state index in [0.717, 1.165) is 0 Å². The van der Waals surface area contributed by atoms with Crippen LogP contribution in [-0.2, 0) is 6.54 Å². The summed E-state index contributed by atoms with van der Waals surface area (Å²) in [6.45, 7) is 0.424. The number of hydrogen-bond donors (Lipinski definition) is 1. The molecule has 5 nitrogen and oxygen atoms in total. The van der Waals surface area contributed by atoms with Crippen LogP contribution in [0.1, 0.15) is 16.3 Å². The Hall–Kier alpha value is -2.41. The number of anilines is 1. The van der Waals surface area contributed by atoms with Gasteiger partial charge >= 0.3 is 0 Å². The Morgan fingerprint density at radius 1 is 1.36 bits per heavy atom. The summed E-state index contributed by atoms with van der Waals surface area (Å²) in [6.07, 6.45) is 3.45. The van der Waals surface area contributed by atoms with E-state index in [1.54, 1.807) is 41.3 Å². The van der Waals surface area contributed by atoms with Crippen molar-refractivity contribution < 1.29 is 13.6 Å². The molecule has 0 fully saturated rings. The fourth-order valence-corrected chi connectivity index (χ4v) is 2.25. The first-order valence-electron chi connectivity index (χ1n) is 6.44. The molecule has 0 aliphatic carbocycles. The van der Waals surface area contributed by atoms with Crippen LogP contribution < -0.4 is 5.32 Å². The Balaban J connectivity index is 1.71. The van der Waals surface area contributed by atoms with E-state index in [4.69, 9.17) is 4.42 Å². The lowest BCUT2D eigenvalue weighted by Crippen LogP contribution is -2.12. The van der Waals surface area contributed by atoms with Crippen molar-refractivity contribution in [2.75, 3.05) is 5.32 Å². The molecular formula is C15H11BrFN3O2. The van der Waals surface area contributed by atoms with Gasteiger partial charge in [0.15, 0.2) is 5.76 Å². The zero-order valence-corrected chi connectivity index (χ0v) is 12.9. The number of carbonyl (C=O) groups is 1. The number of amides is 1. The number of nitrogens with one attached hydrogen (secondary N) is 1. The molecule has 0 atom stereocenters. The largest absolute Gasteiger partial charge is 0.454 e. The minimum absolute atomic E-state index is 0.0956. The average Bonchev–Trinajstić information content (AvgIpc) is 3.14. The number of benzene rings is 1. The third-order valence-corrected chi connectivity index (χ3v) is 3.44. The number of halogens is 2. The van der Waals surface area contributed by atoms with E-state index in [-0.39, 0.29) is 11.4 Å². The fourth-order valence-electron chi connectivity index (χ4n) is 1.91. The van der Waals surface area contributed by atoms with E-state index in [0.29, 0.717) is 16.8 Å². The van der Waals surface area contributed by atoms with Crippen molar-refractivity contribution in [3.8, 4) is 0 Å². The number of aromatic nitrogens is 2. The van der Waals surface area contributed by atoms with Gasteiger partial charge in [-0.3, -0.25) is 9.48 Å². The molecule has 0 bridgehead atoms. The Morgan fingerprint density at radius 3 is 2.95 bits per heavy atom. The predicted octanol–water partition coefficient (Wildman–Crippen LogP) is 3.68. The topological polar surface area (TPSA) is 60.1 Å². The molecule has 3 rings (SSSR count). The van der Waals surface area contributed by atoms with Gasteiger partial charge in [-0.2, -0.15) is 5.10 Å². The van der Waals surface area contributed by atoms with E-state index >= 15 is 0 Å². The van der Waals surface area contributed by atoms with Crippen LogP contribution in [0.3, 0.4) is 0 Å². The normalized spacial score (nSPS) is 10.6. The van der Waals surface area contributed by atoms with Crippen molar-refractivity contribution >= 4 is 27.5 Å². The van der Waals surface area contributed by atoms with E-state index in [1.807, 2.05) is 0 Å². The van der Waals surface area contributed by atoms with Crippen LogP contribution in [0.4, 0.5) is 10.1 Å². The van der Waals surface area contributed by atoms with E-state index in [1.165, 1.54) is 12.1 Å². The van der Waals surface area contributed by atoms with Gasteiger partial charge in [-0.25, -0.2) is 4.39 Å². The standard InChI is InChI=1S/C15H11BrFN3O2/c16-10-2-4-13(12(17)8-10)19-15(21)14-5-3-11(22-14)9-20-7-1-6-18-20/h1-8H,9H2,(H,19,21). The Bertz CT molecular complexity index is 799. The molecular weight excluding hydrogens is 353 g/mol. The summed E-state index contributed by atoms with van der Waals surface area (Å²) >= 11 is 3.16. The summed E-state index contributed by atoms with van der Waals surface area (Å²) in [6, 6.07) is 9.43. The summed E-state index contributed by atoms with van der Waals surface area (Å²) in [4.78, 5) is 12.1. The average molecular weight is 364 g/mol. The SMILES string of the molecule is O=C(Nc1ccc(Br)cc1F)c1ccc(Cn2cccn2)o1. The van der Waals surface area contributed by atoms with Crippen molar-refractivity contribution in [2.45, 2.75) is 6.54 Å². The molecule has 0 unspecified atom stereocenters. The number of rotatable bonds is 4. The molecule has 1 aromatic carbocycles. The third-order valence-electron chi connectivity index (χ3n) is 2.94. The van der Waals surface area contributed by atoms with E-state index in [9.17, 15) is 9.18 Å². The van der Waals surface area contributed by atoms with Gasteiger partial charge in [0.05, 0.1) is 12.2 Å². The van der Waals surface area contributed by atoms with Crippen LogP contribution in [0.25, 0.3) is 0 Å². The van der Waals surface area contributed by atoms with Crippen LogP contribution in [0.15, 0.2) is 57.7 Å². The van der Waals surface area contributed by atoms with Crippen molar-refractivity contribution in [1.29, 1.82) is 0 Å². The summed E-state index contributed by atoms with van der Waals surface area (Å²) in [5.74, 6) is -0.325. The second kappa shape index (κ2) is 6.15. The molecule has 1 amide bonds. The first-order chi connectivity index (χ1) is 10.6. The van der Waals surface area contributed by atoms with Crippen molar-refractivity contribution in [3.05, 3.63) is 70.6 Å². The van der Waals surface area contributed by atoms with Gasteiger partial charge in [0.2, 0.25) is 0 Å². The smallest absolute Gasteiger partial charge is 0.291 e. The highest BCUT2D eigenvalue weighted by molar-refractivity contribution is 9.10. The molecule has 22 heavy (non-hydrogen) atoms. The summed E-state index contributed by atoms with van der Waals surface area (Å²) < 4.78 is 21.4. The monoisotopic (exact) mass is 363 g/mol. The minimum Gasteiger partial charge on any atom is -0.454 e. The van der Waals surface area contributed by atoms with Gasteiger partial charge in [0, 0.05) is 16.9 Å². The van der Waals surface area contributed by atoms with Crippen LogP contribution in [-0.4, -0.2) is 15.7 Å². The second-order valence-electron chi connectivity index (χ2n) is 4.55. The minimum atomic E-state index is -0.522. The molecule has 0 saturated carbocycles. The maximum atomic E-state index is 13.7. The quantitative estimate of drug-likeness (QED) is 0.768. The zero-order valence-electron chi connectivity index (χ0n) is 11.3. The highest BCUT2D eigenvalue weighted by atomic mass is 79.9. The highest BCUT2D eigenvalue weighted by Crippen LogP contribution is 2.20. The molecule has 7 heteroatoms. The maximum absolute atomic E-state index is 13.7. The zero-order chi connectivity index (χ0) is 15.5. The van der Waals surface area contributed by atoms with Crippen molar-refractivity contribution in [1.82, 2.24) is 9.78 Å². The van der Waals surface area contributed by atoms with Crippen molar-refractivity contribution in [3.63, 3.8) is 0 Å². The molecule has 0 radical (unpaired) electrons. The van der Waals surface area contributed by atoms with Crippen LogP contribution in [0, 0.1) is 5.82 Å². The van der Waals surface area contributed by atoms with Crippen LogP contribution in [0.2, 0.25) is 0 Å². The lowest BCUT2D eigenvalue weighted by molar-refractivity contribution is 0.0994. The van der Waals surface area contributed by atoms with Gasteiger partial charge in [-0.15, -0.1) is 0 Å². The van der Waals surface area contributed by atoms with Gasteiger partial charge in [0.25, 0.3) is 5.91 Å². The second-order valence-corrected chi connectivity index (χ2v) is 5.46. The van der Waals surface area contributed by atoms with E-state index in [2.05, 4.69) is 26.3 Å². The molecule has 1 N–H and O–H groups in total. The summed E-state index contributed by atoms with van der Waals surface area (Å²) in [5, 5.41) is 6.53. The molecule has 0 saturated heterocycles. The summed E-state index contributed by atoms with van der Waals surface area (Å²) in [5.41, 5.74) is 0.0956. The number of hydrogen-bond acceptors (Lipinski definition) is 3. The van der Waals surface area contributed by atoms with Gasteiger partial charge in [-0.05, 0) is 36.4 Å². The van der Waals surface area contributed by atoms with Crippen LogP contribution >= 0.6 is 15.9 Å². The first kappa shape index (κ1) is 14.5. The van der Waals surface area contributed by atoms with Crippen molar-refractivity contribution in [2.24, 2.45) is 0 Å². The predicted molar refractivity (Wildman–Crippen MR) is 82.1 cm³/mol.